The molecule has 0 bridgehead atoms. The van der Waals surface area contributed by atoms with Crippen LogP contribution in [-0.2, 0) is 6.42 Å². The fourth-order valence-electron chi connectivity index (χ4n) is 1.88. The van der Waals surface area contributed by atoms with Gasteiger partial charge in [0.25, 0.3) is 0 Å². The lowest BCUT2D eigenvalue weighted by atomic mass is 10.0. The molecule has 0 saturated carbocycles. The number of pyridine rings is 1. The largest absolute Gasteiger partial charge is 0.496 e. The third-order valence-electron chi connectivity index (χ3n) is 2.77. The van der Waals surface area contributed by atoms with E-state index in [9.17, 15) is 4.39 Å². The number of aromatic nitrogens is 1. The van der Waals surface area contributed by atoms with Crippen LogP contribution in [0.15, 0.2) is 42.6 Å². The fraction of sp³-hybridized carbons (Fsp3) is 0.214. The highest BCUT2D eigenvalue weighted by molar-refractivity contribution is 5.34. The molecule has 1 unspecified atom stereocenters. The molecule has 3 nitrogen and oxygen atoms in total. The fourth-order valence-corrected chi connectivity index (χ4v) is 1.88. The van der Waals surface area contributed by atoms with Crippen molar-refractivity contribution in [2.45, 2.75) is 12.5 Å². The average Bonchev–Trinajstić information content (AvgIpc) is 2.39. The number of hydrogen-bond acceptors (Lipinski definition) is 3. The lowest BCUT2D eigenvalue weighted by Crippen LogP contribution is -2.17. The topological polar surface area (TPSA) is 48.1 Å². The van der Waals surface area contributed by atoms with Gasteiger partial charge in [-0.2, -0.15) is 0 Å². The number of ether oxygens (including phenoxy) is 1. The van der Waals surface area contributed by atoms with E-state index in [4.69, 9.17) is 10.5 Å². The summed E-state index contributed by atoms with van der Waals surface area (Å²) in [6.07, 6.45) is 2.03. The standard InChI is InChI=1S/C14H15FN2O/c1-18-13-7-3-2-5-10(13)9-12(16)14-11(15)6-4-8-17-14/h2-8,12H,9,16H2,1H3. The summed E-state index contributed by atoms with van der Waals surface area (Å²) in [7, 11) is 1.60. The highest BCUT2D eigenvalue weighted by atomic mass is 19.1. The summed E-state index contributed by atoms with van der Waals surface area (Å²) in [5, 5.41) is 0. The van der Waals surface area contributed by atoms with Crippen molar-refractivity contribution in [3.05, 3.63) is 59.7 Å². The zero-order chi connectivity index (χ0) is 13.0. The van der Waals surface area contributed by atoms with Crippen molar-refractivity contribution in [3.8, 4) is 5.75 Å². The Balaban J connectivity index is 2.21. The van der Waals surface area contributed by atoms with Gasteiger partial charge in [0.1, 0.15) is 11.6 Å². The molecule has 0 spiro atoms. The molecular formula is C14H15FN2O. The molecule has 0 saturated heterocycles. The average molecular weight is 246 g/mol. The molecular weight excluding hydrogens is 231 g/mol. The zero-order valence-electron chi connectivity index (χ0n) is 10.1. The summed E-state index contributed by atoms with van der Waals surface area (Å²) in [4.78, 5) is 3.99. The van der Waals surface area contributed by atoms with Crippen LogP contribution in [-0.4, -0.2) is 12.1 Å². The van der Waals surface area contributed by atoms with Crippen molar-refractivity contribution in [2.24, 2.45) is 5.73 Å². The zero-order valence-corrected chi connectivity index (χ0v) is 10.1. The van der Waals surface area contributed by atoms with Gasteiger partial charge in [0.2, 0.25) is 0 Å². The molecule has 0 amide bonds. The van der Waals surface area contributed by atoms with Gasteiger partial charge in [0, 0.05) is 6.20 Å². The maximum Gasteiger partial charge on any atom is 0.146 e. The molecule has 2 aromatic rings. The van der Waals surface area contributed by atoms with Gasteiger partial charge in [-0.1, -0.05) is 18.2 Å². The summed E-state index contributed by atoms with van der Waals surface area (Å²) in [6.45, 7) is 0. The molecule has 1 atom stereocenters. The van der Waals surface area contributed by atoms with E-state index in [2.05, 4.69) is 4.98 Å². The SMILES string of the molecule is COc1ccccc1CC(N)c1ncccc1F. The molecule has 0 radical (unpaired) electrons. The second-order valence-corrected chi connectivity index (χ2v) is 3.99. The predicted octanol–water partition coefficient (Wildman–Crippen LogP) is 2.47. The first-order valence-electron chi connectivity index (χ1n) is 5.70. The second-order valence-electron chi connectivity index (χ2n) is 3.99. The number of para-hydroxylation sites is 1. The van der Waals surface area contributed by atoms with Crippen LogP contribution in [0.5, 0.6) is 5.75 Å². The van der Waals surface area contributed by atoms with E-state index in [1.54, 1.807) is 19.4 Å². The molecule has 1 aromatic carbocycles. The molecule has 0 aliphatic carbocycles. The smallest absolute Gasteiger partial charge is 0.146 e. The van der Waals surface area contributed by atoms with Crippen LogP contribution in [0, 0.1) is 5.82 Å². The van der Waals surface area contributed by atoms with E-state index < -0.39 is 6.04 Å². The lowest BCUT2D eigenvalue weighted by molar-refractivity contribution is 0.407. The monoisotopic (exact) mass is 246 g/mol. The number of hydrogen-bond donors (Lipinski definition) is 1. The van der Waals surface area contributed by atoms with E-state index in [0.29, 0.717) is 6.42 Å². The number of nitrogens with zero attached hydrogens (tertiary/aromatic N) is 1. The van der Waals surface area contributed by atoms with Gasteiger partial charge in [-0.3, -0.25) is 4.98 Å². The molecule has 18 heavy (non-hydrogen) atoms. The highest BCUT2D eigenvalue weighted by Crippen LogP contribution is 2.23. The summed E-state index contributed by atoms with van der Waals surface area (Å²) in [6, 6.07) is 9.99. The van der Waals surface area contributed by atoms with E-state index in [1.807, 2.05) is 24.3 Å². The van der Waals surface area contributed by atoms with Crippen molar-refractivity contribution in [2.75, 3.05) is 7.11 Å². The first-order chi connectivity index (χ1) is 8.72. The Morgan fingerprint density at radius 1 is 1.28 bits per heavy atom. The Bertz CT molecular complexity index is 531. The van der Waals surface area contributed by atoms with Crippen molar-refractivity contribution in [3.63, 3.8) is 0 Å². The van der Waals surface area contributed by atoms with Crippen LogP contribution in [0.25, 0.3) is 0 Å². The number of nitrogens with two attached hydrogens (primary N) is 1. The number of benzene rings is 1. The van der Waals surface area contributed by atoms with E-state index in [-0.39, 0.29) is 11.5 Å². The minimum atomic E-state index is -0.484. The highest BCUT2D eigenvalue weighted by Gasteiger charge is 2.15. The van der Waals surface area contributed by atoms with Gasteiger partial charge >= 0.3 is 0 Å². The van der Waals surface area contributed by atoms with E-state index in [0.717, 1.165) is 11.3 Å². The van der Waals surface area contributed by atoms with Gasteiger partial charge in [0.15, 0.2) is 0 Å². The predicted molar refractivity (Wildman–Crippen MR) is 67.8 cm³/mol. The van der Waals surface area contributed by atoms with Crippen LogP contribution < -0.4 is 10.5 Å². The third-order valence-corrected chi connectivity index (χ3v) is 2.77. The normalized spacial score (nSPS) is 12.2. The Hall–Kier alpha value is -1.94. The third kappa shape index (κ3) is 2.65. The van der Waals surface area contributed by atoms with Crippen molar-refractivity contribution in [1.82, 2.24) is 4.98 Å². The number of methoxy groups -OCH3 is 1. The van der Waals surface area contributed by atoms with Gasteiger partial charge in [-0.25, -0.2) is 4.39 Å². The van der Waals surface area contributed by atoms with Crippen molar-refractivity contribution < 1.29 is 9.13 Å². The van der Waals surface area contributed by atoms with Crippen LogP contribution >= 0.6 is 0 Å². The Labute approximate surface area is 105 Å². The number of rotatable bonds is 4. The quantitative estimate of drug-likeness (QED) is 0.901. The molecule has 0 fully saturated rings. The van der Waals surface area contributed by atoms with Gasteiger partial charge < -0.3 is 10.5 Å². The summed E-state index contributed by atoms with van der Waals surface area (Å²) in [5.41, 5.74) is 7.22. The minimum absolute atomic E-state index is 0.281. The molecule has 94 valence electrons. The first-order valence-corrected chi connectivity index (χ1v) is 5.70. The molecule has 1 heterocycles. The van der Waals surface area contributed by atoms with Gasteiger partial charge in [0.05, 0.1) is 18.8 Å². The van der Waals surface area contributed by atoms with E-state index in [1.165, 1.54) is 6.07 Å². The molecule has 0 aliphatic rings. The minimum Gasteiger partial charge on any atom is -0.496 e. The van der Waals surface area contributed by atoms with Gasteiger partial charge in [-0.15, -0.1) is 0 Å². The van der Waals surface area contributed by atoms with Crippen molar-refractivity contribution in [1.29, 1.82) is 0 Å². The summed E-state index contributed by atoms with van der Waals surface area (Å²) >= 11 is 0. The maximum atomic E-state index is 13.6. The Kier molecular flexibility index (Phi) is 3.89. The lowest BCUT2D eigenvalue weighted by Gasteiger charge is -2.14. The number of halogens is 1. The maximum absolute atomic E-state index is 13.6. The van der Waals surface area contributed by atoms with E-state index >= 15 is 0 Å². The molecule has 4 heteroatoms. The molecule has 1 aromatic heterocycles. The Morgan fingerprint density at radius 3 is 2.78 bits per heavy atom. The molecule has 0 aliphatic heterocycles. The summed E-state index contributed by atoms with van der Waals surface area (Å²) in [5.74, 6) is 0.379. The Morgan fingerprint density at radius 2 is 2.06 bits per heavy atom. The van der Waals surface area contributed by atoms with Crippen molar-refractivity contribution >= 4 is 0 Å². The first kappa shape index (κ1) is 12.5. The second kappa shape index (κ2) is 5.60. The van der Waals surface area contributed by atoms with Gasteiger partial charge in [-0.05, 0) is 30.2 Å². The molecule has 2 rings (SSSR count). The molecule has 2 N–H and O–H groups in total. The van der Waals surface area contributed by atoms with Crippen LogP contribution in [0.3, 0.4) is 0 Å². The summed E-state index contributed by atoms with van der Waals surface area (Å²) < 4.78 is 18.8. The van der Waals surface area contributed by atoms with Crippen LogP contribution in [0.2, 0.25) is 0 Å². The van der Waals surface area contributed by atoms with Crippen LogP contribution in [0.1, 0.15) is 17.3 Å². The van der Waals surface area contributed by atoms with Crippen LogP contribution in [0.4, 0.5) is 4.39 Å².